The number of hydrogen-bond donors (Lipinski definition) is 1. The maximum Gasteiger partial charge on any atom is 0.407 e. The molecule has 1 heterocycles. The minimum Gasteiger partial charge on any atom is -0.450 e. The van der Waals surface area contributed by atoms with E-state index in [0.29, 0.717) is 13.2 Å². The van der Waals surface area contributed by atoms with Crippen LogP contribution in [0.4, 0.5) is 4.79 Å². The molecule has 96 valence electrons. The Bertz CT molecular complexity index is 572. The fourth-order valence-corrected chi connectivity index (χ4v) is 2.17. The number of para-hydroxylation sites is 1. The summed E-state index contributed by atoms with van der Waals surface area (Å²) in [6.45, 7) is 4.73. The van der Waals surface area contributed by atoms with E-state index in [2.05, 4.69) is 28.9 Å². The highest BCUT2D eigenvalue weighted by molar-refractivity contribution is 5.85. The van der Waals surface area contributed by atoms with Crippen LogP contribution in [0.1, 0.15) is 18.2 Å². The van der Waals surface area contributed by atoms with E-state index < -0.39 is 0 Å². The third kappa shape index (κ3) is 2.18. The summed E-state index contributed by atoms with van der Waals surface area (Å²) in [5.41, 5.74) is 3.48. The number of benzene rings is 1. The molecule has 0 fully saturated rings. The van der Waals surface area contributed by atoms with E-state index >= 15 is 0 Å². The smallest absolute Gasteiger partial charge is 0.407 e. The van der Waals surface area contributed by atoms with Crippen LogP contribution >= 0.6 is 0 Å². The van der Waals surface area contributed by atoms with E-state index in [9.17, 15) is 4.79 Å². The molecular formula is C14H18N2O2. The molecule has 0 bridgehead atoms. The molecule has 0 saturated carbocycles. The third-order valence-electron chi connectivity index (χ3n) is 3.22. The van der Waals surface area contributed by atoms with Crippen LogP contribution in [0, 0.1) is 6.92 Å². The van der Waals surface area contributed by atoms with Gasteiger partial charge in [-0.1, -0.05) is 18.2 Å². The second-order valence-electron chi connectivity index (χ2n) is 4.21. The monoisotopic (exact) mass is 246 g/mol. The molecule has 18 heavy (non-hydrogen) atoms. The predicted molar refractivity (Wildman–Crippen MR) is 71.5 cm³/mol. The lowest BCUT2D eigenvalue weighted by Gasteiger charge is -2.05. The first-order valence-electron chi connectivity index (χ1n) is 6.08. The van der Waals surface area contributed by atoms with Crippen molar-refractivity contribution in [3.05, 3.63) is 35.5 Å². The maximum absolute atomic E-state index is 11.3. The molecule has 0 atom stereocenters. The van der Waals surface area contributed by atoms with Crippen molar-refractivity contribution in [1.29, 1.82) is 0 Å². The molecule has 1 amide bonds. The molecule has 1 N–H and O–H groups in total. The van der Waals surface area contributed by atoms with Crippen molar-refractivity contribution >= 4 is 17.0 Å². The van der Waals surface area contributed by atoms with E-state index in [0.717, 1.165) is 11.3 Å². The Kier molecular flexibility index (Phi) is 3.55. The molecule has 0 saturated heterocycles. The highest BCUT2D eigenvalue weighted by atomic mass is 16.5. The molecule has 1 aromatic carbocycles. The standard InChI is InChI=1S/C14H18N2O2/c1-4-18-14(17)15-9-12-10(2)16(3)13-8-6-5-7-11(12)13/h5-8H,4,9H2,1-3H3,(H,15,17). The molecule has 0 aliphatic heterocycles. The number of nitrogens with zero attached hydrogens (tertiary/aromatic N) is 1. The van der Waals surface area contributed by atoms with Crippen LogP contribution in [-0.4, -0.2) is 17.3 Å². The third-order valence-corrected chi connectivity index (χ3v) is 3.22. The van der Waals surface area contributed by atoms with Gasteiger partial charge >= 0.3 is 6.09 Å². The zero-order chi connectivity index (χ0) is 13.1. The Morgan fingerprint density at radius 1 is 1.39 bits per heavy atom. The lowest BCUT2D eigenvalue weighted by atomic mass is 10.1. The Morgan fingerprint density at radius 3 is 2.83 bits per heavy atom. The number of hydrogen-bond acceptors (Lipinski definition) is 2. The van der Waals surface area contributed by atoms with Crippen molar-refractivity contribution in [2.24, 2.45) is 7.05 Å². The van der Waals surface area contributed by atoms with Crippen LogP contribution in [0.2, 0.25) is 0 Å². The van der Waals surface area contributed by atoms with Crippen LogP contribution in [0.3, 0.4) is 0 Å². The quantitative estimate of drug-likeness (QED) is 0.905. The van der Waals surface area contributed by atoms with Gasteiger partial charge in [0.05, 0.1) is 6.61 Å². The molecule has 2 rings (SSSR count). The summed E-state index contributed by atoms with van der Waals surface area (Å²) >= 11 is 0. The van der Waals surface area contributed by atoms with Crippen molar-refractivity contribution in [2.75, 3.05) is 6.61 Å². The molecule has 0 aliphatic carbocycles. The number of nitrogens with one attached hydrogen (secondary N) is 1. The molecule has 0 unspecified atom stereocenters. The van der Waals surface area contributed by atoms with Gasteiger partial charge in [0.25, 0.3) is 0 Å². The van der Waals surface area contributed by atoms with Gasteiger partial charge in [-0.3, -0.25) is 0 Å². The maximum atomic E-state index is 11.3. The number of ether oxygens (including phenoxy) is 1. The first kappa shape index (κ1) is 12.5. The van der Waals surface area contributed by atoms with E-state index in [1.54, 1.807) is 6.92 Å². The van der Waals surface area contributed by atoms with Crippen molar-refractivity contribution < 1.29 is 9.53 Å². The first-order chi connectivity index (χ1) is 8.65. The minimum absolute atomic E-state index is 0.371. The number of carbonyl (C=O) groups excluding carboxylic acids is 1. The molecule has 2 aromatic rings. The number of amides is 1. The lowest BCUT2D eigenvalue weighted by molar-refractivity contribution is 0.151. The molecule has 4 nitrogen and oxygen atoms in total. The molecule has 0 aliphatic rings. The summed E-state index contributed by atoms with van der Waals surface area (Å²) in [4.78, 5) is 11.3. The summed E-state index contributed by atoms with van der Waals surface area (Å²) in [6.07, 6.45) is -0.371. The van der Waals surface area contributed by atoms with Gasteiger partial charge in [0.15, 0.2) is 0 Å². The second kappa shape index (κ2) is 5.12. The number of carbonyl (C=O) groups is 1. The van der Waals surface area contributed by atoms with Crippen LogP contribution in [0.15, 0.2) is 24.3 Å². The Labute approximate surface area is 107 Å². The zero-order valence-electron chi connectivity index (χ0n) is 11.0. The number of rotatable bonds is 3. The van der Waals surface area contributed by atoms with E-state index in [4.69, 9.17) is 4.74 Å². The normalized spacial score (nSPS) is 10.6. The van der Waals surface area contributed by atoms with Gasteiger partial charge in [0.2, 0.25) is 0 Å². The van der Waals surface area contributed by atoms with Gasteiger partial charge in [-0.15, -0.1) is 0 Å². The summed E-state index contributed by atoms with van der Waals surface area (Å²) in [6, 6.07) is 8.18. The fraction of sp³-hybridized carbons (Fsp3) is 0.357. The van der Waals surface area contributed by atoms with E-state index in [-0.39, 0.29) is 6.09 Å². The molecule has 0 spiro atoms. The molecular weight excluding hydrogens is 228 g/mol. The SMILES string of the molecule is CCOC(=O)NCc1c(C)n(C)c2ccccc12. The highest BCUT2D eigenvalue weighted by Crippen LogP contribution is 2.24. The van der Waals surface area contributed by atoms with Gasteiger partial charge in [-0.05, 0) is 25.5 Å². The minimum atomic E-state index is -0.371. The summed E-state index contributed by atoms with van der Waals surface area (Å²) in [7, 11) is 2.03. The fourth-order valence-electron chi connectivity index (χ4n) is 2.17. The molecule has 4 heteroatoms. The van der Waals surface area contributed by atoms with Crippen molar-refractivity contribution in [1.82, 2.24) is 9.88 Å². The Balaban J connectivity index is 2.28. The van der Waals surface area contributed by atoms with Gasteiger partial charge < -0.3 is 14.6 Å². The topological polar surface area (TPSA) is 43.3 Å². The Hall–Kier alpha value is -1.97. The number of fused-ring (bicyclic) bond motifs is 1. The van der Waals surface area contributed by atoms with Crippen LogP contribution in [0.25, 0.3) is 10.9 Å². The number of aryl methyl sites for hydroxylation is 1. The van der Waals surface area contributed by atoms with Crippen LogP contribution in [-0.2, 0) is 18.3 Å². The van der Waals surface area contributed by atoms with Gasteiger partial charge in [-0.2, -0.15) is 0 Å². The van der Waals surface area contributed by atoms with Gasteiger partial charge in [0.1, 0.15) is 0 Å². The van der Waals surface area contributed by atoms with Gasteiger partial charge in [0, 0.05) is 30.2 Å². The van der Waals surface area contributed by atoms with Crippen molar-refractivity contribution in [3.8, 4) is 0 Å². The molecule has 1 aromatic heterocycles. The van der Waals surface area contributed by atoms with Crippen LogP contribution < -0.4 is 5.32 Å². The summed E-state index contributed by atoms with van der Waals surface area (Å²) in [5.74, 6) is 0. The average Bonchev–Trinajstić information content (AvgIpc) is 2.61. The first-order valence-corrected chi connectivity index (χ1v) is 6.08. The average molecular weight is 246 g/mol. The number of alkyl carbamates (subject to hydrolysis) is 1. The van der Waals surface area contributed by atoms with Gasteiger partial charge in [-0.25, -0.2) is 4.79 Å². The molecule has 0 radical (unpaired) electrons. The largest absolute Gasteiger partial charge is 0.450 e. The Morgan fingerprint density at radius 2 is 2.11 bits per heavy atom. The summed E-state index contributed by atoms with van der Waals surface area (Å²) in [5, 5.41) is 3.95. The predicted octanol–water partition coefficient (Wildman–Crippen LogP) is 2.73. The highest BCUT2D eigenvalue weighted by Gasteiger charge is 2.12. The summed E-state index contributed by atoms with van der Waals surface area (Å²) < 4.78 is 7.00. The number of aromatic nitrogens is 1. The second-order valence-corrected chi connectivity index (χ2v) is 4.21. The van der Waals surface area contributed by atoms with E-state index in [1.807, 2.05) is 19.2 Å². The van der Waals surface area contributed by atoms with Crippen molar-refractivity contribution in [2.45, 2.75) is 20.4 Å². The van der Waals surface area contributed by atoms with Crippen LogP contribution in [0.5, 0.6) is 0 Å². The lowest BCUT2D eigenvalue weighted by Crippen LogP contribution is -2.23. The van der Waals surface area contributed by atoms with E-state index in [1.165, 1.54) is 10.9 Å². The van der Waals surface area contributed by atoms with Crippen molar-refractivity contribution in [3.63, 3.8) is 0 Å². The zero-order valence-corrected chi connectivity index (χ0v) is 11.0.